The highest BCUT2D eigenvalue weighted by Crippen LogP contribution is 2.29. The third-order valence-electron chi connectivity index (χ3n) is 5.07. The lowest BCUT2D eigenvalue weighted by Gasteiger charge is -2.20. The second-order valence-electron chi connectivity index (χ2n) is 7.58. The molecule has 4 rings (SSSR count). The maximum Gasteiger partial charge on any atom is 0.243 e. The molecular formula is C27H24N2O4S. The minimum atomic E-state index is -3.92. The first-order valence-electron chi connectivity index (χ1n) is 10.8. The molecule has 0 heterocycles. The van der Waals surface area contributed by atoms with Crippen LogP contribution in [0.2, 0.25) is 0 Å². The van der Waals surface area contributed by atoms with E-state index in [1.54, 1.807) is 42.5 Å². The second kappa shape index (κ2) is 10.8. The molecule has 172 valence electrons. The Morgan fingerprint density at radius 2 is 1.29 bits per heavy atom. The number of para-hydroxylation sites is 3. The van der Waals surface area contributed by atoms with E-state index in [2.05, 4.69) is 10.0 Å². The SMILES string of the molecule is O=C(Nc1ccccc1Oc1ccccc1)[C@@H](Cc1ccccc1)NS(=O)(=O)c1ccccc1. The number of sulfonamides is 1. The van der Waals surface area contributed by atoms with Gasteiger partial charge in [-0.1, -0.05) is 78.9 Å². The van der Waals surface area contributed by atoms with Crippen LogP contribution in [0.5, 0.6) is 11.5 Å². The van der Waals surface area contributed by atoms with Crippen molar-refractivity contribution in [2.45, 2.75) is 17.4 Å². The molecule has 1 amide bonds. The van der Waals surface area contributed by atoms with Crippen molar-refractivity contribution in [3.63, 3.8) is 0 Å². The fraction of sp³-hybridized carbons (Fsp3) is 0.0741. The van der Waals surface area contributed by atoms with Gasteiger partial charge in [0.15, 0.2) is 5.75 Å². The number of carbonyl (C=O) groups is 1. The van der Waals surface area contributed by atoms with Crippen LogP contribution in [0.25, 0.3) is 0 Å². The summed E-state index contributed by atoms with van der Waals surface area (Å²) in [5.41, 5.74) is 1.26. The Hall–Kier alpha value is -3.94. The first-order chi connectivity index (χ1) is 16.5. The molecule has 0 bridgehead atoms. The van der Waals surface area contributed by atoms with Crippen molar-refractivity contribution in [3.05, 3.63) is 121 Å². The van der Waals surface area contributed by atoms with Gasteiger partial charge < -0.3 is 10.1 Å². The largest absolute Gasteiger partial charge is 0.455 e. The molecule has 0 saturated heterocycles. The van der Waals surface area contributed by atoms with E-state index in [-0.39, 0.29) is 11.3 Å². The molecule has 2 N–H and O–H groups in total. The highest BCUT2D eigenvalue weighted by atomic mass is 32.2. The van der Waals surface area contributed by atoms with Gasteiger partial charge in [-0.05, 0) is 48.4 Å². The summed E-state index contributed by atoms with van der Waals surface area (Å²) in [4.78, 5) is 13.4. The number of anilines is 1. The van der Waals surface area contributed by atoms with E-state index < -0.39 is 22.0 Å². The van der Waals surface area contributed by atoms with Crippen LogP contribution in [-0.2, 0) is 21.2 Å². The van der Waals surface area contributed by atoms with E-state index >= 15 is 0 Å². The van der Waals surface area contributed by atoms with E-state index in [1.165, 1.54) is 12.1 Å². The zero-order valence-electron chi connectivity index (χ0n) is 18.3. The van der Waals surface area contributed by atoms with E-state index in [1.807, 2.05) is 60.7 Å². The number of rotatable bonds is 9. The molecule has 4 aromatic rings. The molecule has 6 nitrogen and oxygen atoms in total. The Bertz CT molecular complexity index is 1330. The average Bonchev–Trinajstić information content (AvgIpc) is 2.86. The van der Waals surface area contributed by atoms with Crippen molar-refractivity contribution in [2.24, 2.45) is 0 Å². The van der Waals surface area contributed by atoms with Gasteiger partial charge >= 0.3 is 0 Å². The van der Waals surface area contributed by atoms with Crippen molar-refractivity contribution in [3.8, 4) is 11.5 Å². The van der Waals surface area contributed by atoms with Gasteiger partial charge in [0.2, 0.25) is 15.9 Å². The van der Waals surface area contributed by atoms with E-state index in [4.69, 9.17) is 4.74 Å². The molecule has 0 unspecified atom stereocenters. The van der Waals surface area contributed by atoms with Crippen molar-refractivity contribution in [1.82, 2.24) is 4.72 Å². The molecule has 34 heavy (non-hydrogen) atoms. The molecule has 0 saturated carbocycles. The van der Waals surface area contributed by atoms with Gasteiger partial charge in [0.1, 0.15) is 11.8 Å². The summed E-state index contributed by atoms with van der Waals surface area (Å²) in [6.07, 6.45) is 0.181. The van der Waals surface area contributed by atoms with Crippen LogP contribution < -0.4 is 14.8 Å². The molecular weight excluding hydrogens is 448 g/mol. The maximum atomic E-state index is 13.3. The zero-order valence-corrected chi connectivity index (χ0v) is 19.1. The normalized spacial score (nSPS) is 12.0. The van der Waals surface area contributed by atoms with Crippen molar-refractivity contribution in [2.75, 3.05) is 5.32 Å². The average molecular weight is 473 g/mol. The van der Waals surface area contributed by atoms with E-state index in [9.17, 15) is 13.2 Å². The van der Waals surface area contributed by atoms with Crippen LogP contribution in [-0.4, -0.2) is 20.4 Å². The van der Waals surface area contributed by atoms with Gasteiger partial charge in [-0.25, -0.2) is 8.42 Å². The number of carbonyl (C=O) groups excluding carboxylic acids is 1. The Labute approximate surface area is 199 Å². The summed E-state index contributed by atoms with van der Waals surface area (Å²) in [5.74, 6) is 0.578. The summed E-state index contributed by atoms with van der Waals surface area (Å²) in [5, 5.41) is 2.83. The van der Waals surface area contributed by atoms with Gasteiger partial charge in [0, 0.05) is 0 Å². The number of hydrogen-bond acceptors (Lipinski definition) is 4. The van der Waals surface area contributed by atoms with E-state index in [0.29, 0.717) is 17.2 Å². The number of amides is 1. The number of nitrogens with one attached hydrogen (secondary N) is 2. The third kappa shape index (κ3) is 6.10. The quantitative estimate of drug-likeness (QED) is 0.359. The van der Waals surface area contributed by atoms with Crippen LogP contribution >= 0.6 is 0 Å². The van der Waals surface area contributed by atoms with Gasteiger partial charge in [0.05, 0.1) is 10.6 Å². The predicted molar refractivity (Wildman–Crippen MR) is 132 cm³/mol. The molecule has 0 aliphatic carbocycles. The standard InChI is InChI=1S/C27H24N2O4S/c30-27(28-24-18-10-11-19-26(24)33-22-14-6-2-7-15-22)25(20-21-12-4-1-5-13-21)29-34(31,32)23-16-8-3-9-17-23/h1-19,25,29H,20H2,(H,28,30)/t25-/m1/s1. The smallest absolute Gasteiger partial charge is 0.243 e. The third-order valence-corrected chi connectivity index (χ3v) is 6.55. The number of hydrogen-bond donors (Lipinski definition) is 2. The summed E-state index contributed by atoms with van der Waals surface area (Å²) in [7, 11) is -3.92. The topological polar surface area (TPSA) is 84.5 Å². The highest BCUT2D eigenvalue weighted by molar-refractivity contribution is 7.89. The van der Waals surface area contributed by atoms with Gasteiger partial charge in [-0.15, -0.1) is 0 Å². The molecule has 0 aromatic heterocycles. The Morgan fingerprint density at radius 3 is 1.97 bits per heavy atom. The Morgan fingerprint density at radius 1 is 0.735 bits per heavy atom. The van der Waals surface area contributed by atoms with Crippen LogP contribution in [0.1, 0.15) is 5.56 Å². The summed E-state index contributed by atoms with van der Waals surface area (Å²) < 4.78 is 34.5. The molecule has 7 heteroatoms. The number of benzene rings is 4. The minimum absolute atomic E-state index is 0.0914. The Kier molecular flexibility index (Phi) is 7.37. The molecule has 0 spiro atoms. The van der Waals surface area contributed by atoms with Crippen LogP contribution in [0, 0.1) is 0 Å². The summed E-state index contributed by atoms with van der Waals surface area (Å²) in [6, 6.07) is 32.4. The highest BCUT2D eigenvalue weighted by Gasteiger charge is 2.26. The second-order valence-corrected chi connectivity index (χ2v) is 9.29. The predicted octanol–water partition coefficient (Wildman–Crippen LogP) is 5.01. The van der Waals surface area contributed by atoms with Crippen molar-refractivity contribution < 1.29 is 17.9 Å². The van der Waals surface area contributed by atoms with Crippen LogP contribution in [0.3, 0.4) is 0 Å². The summed E-state index contributed by atoms with van der Waals surface area (Å²) >= 11 is 0. The summed E-state index contributed by atoms with van der Waals surface area (Å²) in [6.45, 7) is 0. The molecule has 1 atom stereocenters. The van der Waals surface area contributed by atoms with Gasteiger partial charge in [0.25, 0.3) is 0 Å². The monoisotopic (exact) mass is 472 g/mol. The zero-order chi connectivity index (χ0) is 23.8. The van der Waals surface area contributed by atoms with Crippen molar-refractivity contribution >= 4 is 21.6 Å². The van der Waals surface area contributed by atoms with Crippen LogP contribution in [0.4, 0.5) is 5.69 Å². The van der Waals surface area contributed by atoms with Crippen molar-refractivity contribution in [1.29, 1.82) is 0 Å². The lowest BCUT2D eigenvalue weighted by Crippen LogP contribution is -2.45. The maximum absolute atomic E-state index is 13.3. The molecule has 0 fully saturated rings. The van der Waals surface area contributed by atoms with Crippen LogP contribution in [0.15, 0.2) is 120 Å². The lowest BCUT2D eigenvalue weighted by molar-refractivity contribution is -0.117. The minimum Gasteiger partial charge on any atom is -0.455 e. The molecule has 0 aliphatic heterocycles. The lowest BCUT2D eigenvalue weighted by atomic mass is 10.1. The fourth-order valence-corrected chi connectivity index (χ4v) is 4.60. The van der Waals surface area contributed by atoms with Gasteiger partial charge in [-0.2, -0.15) is 4.72 Å². The molecule has 0 aliphatic rings. The molecule has 4 aromatic carbocycles. The fourth-order valence-electron chi connectivity index (χ4n) is 3.39. The first-order valence-corrected chi connectivity index (χ1v) is 12.2. The van der Waals surface area contributed by atoms with Gasteiger partial charge in [-0.3, -0.25) is 4.79 Å². The van der Waals surface area contributed by atoms with E-state index in [0.717, 1.165) is 5.56 Å². The molecule has 0 radical (unpaired) electrons. The Balaban J connectivity index is 1.59. The first kappa shape index (κ1) is 23.2. The number of ether oxygens (including phenoxy) is 1.